The number of aliphatic carboxylic acids is 1. The number of hydrogen-bond donors (Lipinski definition) is 1. The molecule has 0 aliphatic heterocycles. The van der Waals surface area contributed by atoms with Crippen molar-refractivity contribution in [1.29, 1.82) is 0 Å². The number of rotatable bonds is 4. The van der Waals surface area contributed by atoms with E-state index < -0.39 is 11.9 Å². The minimum Gasteiger partial charge on any atom is -0.497 e. The second-order valence-corrected chi connectivity index (χ2v) is 4.90. The second-order valence-electron chi connectivity index (χ2n) is 4.02. The summed E-state index contributed by atoms with van der Waals surface area (Å²) in [6.45, 7) is 0. The first-order chi connectivity index (χ1) is 8.65. The highest BCUT2D eigenvalue weighted by Crippen LogP contribution is 2.26. The highest BCUT2D eigenvalue weighted by Gasteiger charge is 2.18. The molecular weight excluding hydrogens is 343 g/mol. The average molecular weight is 356 g/mol. The molecule has 0 radical (unpaired) electrons. The van der Waals surface area contributed by atoms with Crippen molar-refractivity contribution in [3.8, 4) is 5.75 Å². The maximum Gasteiger partial charge on any atom is 0.311 e. The van der Waals surface area contributed by atoms with E-state index in [0.717, 1.165) is 22.1 Å². The van der Waals surface area contributed by atoms with Gasteiger partial charge in [-0.3, -0.25) is 4.79 Å². The van der Waals surface area contributed by atoms with E-state index in [-0.39, 0.29) is 0 Å². The van der Waals surface area contributed by atoms with Gasteiger partial charge in [-0.15, -0.1) is 0 Å². The molecule has 3 nitrogen and oxygen atoms in total. The van der Waals surface area contributed by atoms with E-state index in [1.807, 2.05) is 36.4 Å². The van der Waals surface area contributed by atoms with Gasteiger partial charge in [-0.25, -0.2) is 0 Å². The lowest BCUT2D eigenvalue weighted by atomic mass is 9.98. The number of carbonyl (C=O) groups is 1. The van der Waals surface area contributed by atoms with Crippen LogP contribution in [0.25, 0.3) is 10.8 Å². The highest BCUT2D eigenvalue weighted by atomic mass is 127. The lowest BCUT2D eigenvalue weighted by molar-refractivity contribution is -0.138. The van der Waals surface area contributed by atoms with Gasteiger partial charge in [0, 0.05) is 4.43 Å². The van der Waals surface area contributed by atoms with Crippen LogP contribution in [0.4, 0.5) is 0 Å². The molecule has 0 saturated carbocycles. The summed E-state index contributed by atoms with van der Waals surface area (Å²) in [6.07, 6.45) is 0. The van der Waals surface area contributed by atoms with Gasteiger partial charge in [0.05, 0.1) is 13.0 Å². The molecule has 0 bridgehead atoms. The van der Waals surface area contributed by atoms with Crippen LogP contribution >= 0.6 is 22.6 Å². The van der Waals surface area contributed by atoms with Gasteiger partial charge in [-0.05, 0) is 28.5 Å². The Hall–Kier alpha value is -1.30. The minimum atomic E-state index is -0.780. The van der Waals surface area contributed by atoms with Gasteiger partial charge < -0.3 is 9.84 Å². The minimum absolute atomic E-state index is 0.447. The van der Waals surface area contributed by atoms with Crippen molar-refractivity contribution in [2.45, 2.75) is 5.92 Å². The molecule has 2 aromatic carbocycles. The molecule has 2 aromatic rings. The summed E-state index contributed by atoms with van der Waals surface area (Å²) in [4.78, 5) is 11.1. The lowest BCUT2D eigenvalue weighted by Crippen LogP contribution is -2.12. The molecule has 2 rings (SSSR count). The summed E-state index contributed by atoms with van der Waals surface area (Å²) < 4.78 is 5.73. The number of halogens is 1. The van der Waals surface area contributed by atoms with Crippen LogP contribution < -0.4 is 4.74 Å². The number of benzene rings is 2. The smallest absolute Gasteiger partial charge is 0.311 e. The van der Waals surface area contributed by atoms with Crippen molar-refractivity contribution >= 4 is 39.3 Å². The average Bonchev–Trinajstić information content (AvgIpc) is 2.38. The summed E-state index contributed by atoms with van der Waals surface area (Å²) in [5, 5.41) is 11.2. The maximum absolute atomic E-state index is 11.1. The molecule has 0 aliphatic carbocycles. The first-order valence-electron chi connectivity index (χ1n) is 5.52. The predicted octanol–water partition coefficient (Wildman–Crippen LogP) is 3.45. The van der Waals surface area contributed by atoms with E-state index in [0.29, 0.717) is 4.43 Å². The summed E-state index contributed by atoms with van der Waals surface area (Å²) in [5.41, 5.74) is 0.842. The SMILES string of the molecule is COc1ccc2cc(C(CI)C(=O)O)ccc2c1. The van der Waals surface area contributed by atoms with E-state index in [9.17, 15) is 4.79 Å². The number of fused-ring (bicyclic) bond motifs is 1. The third kappa shape index (κ3) is 2.58. The number of methoxy groups -OCH3 is 1. The molecular formula is C14H13IO3. The van der Waals surface area contributed by atoms with E-state index in [1.165, 1.54) is 0 Å². The molecule has 18 heavy (non-hydrogen) atoms. The van der Waals surface area contributed by atoms with Crippen molar-refractivity contribution < 1.29 is 14.6 Å². The van der Waals surface area contributed by atoms with E-state index in [2.05, 4.69) is 22.6 Å². The monoisotopic (exact) mass is 356 g/mol. The van der Waals surface area contributed by atoms with Crippen LogP contribution in [0.2, 0.25) is 0 Å². The van der Waals surface area contributed by atoms with Crippen molar-refractivity contribution in [2.24, 2.45) is 0 Å². The van der Waals surface area contributed by atoms with Crippen LogP contribution in [0.5, 0.6) is 5.75 Å². The van der Waals surface area contributed by atoms with Crippen LogP contribution in [0.3, 0.4) is 0 Å². The molecule has 1 N–H and O–H groups in total. The normalized spacial score (nSPS) is 12.3. The predicted molar refractivity (Wildman–Crippen MR) is 79.8 cm³/mol. The topological polar surface area (TPSA) is 46.5 Å². The summed E-state index contributed by atoms with van der Waals surface area (Å²) in [5.74, 6) is -0.423. The lowest BCUT2D eigenvalue weighted by Gasteiger charge is -2.10. The van der Waals surface area contributed by atoms with Crippen molar-refractivity contribution in [3.63, 3.8) is 0 Å². The second kappa shape index (κ2) is 5.56. The molecule has 0 amide bonds. The molecule has 0 saturated heterocycles. The van der Waals surface area contributed by atoms with Gasteiger partial charge in [-0.1, -0.05) is 46.9 Å². The van der Waals surface area contributed by atoms with Crippen LogP contribution in [0.15, 0.2) is 36.4 Å². The number of carboxylic acid groups (broad SMARTS) is 1. The third-order valence-corrected chi connectivity index (χ3v) is 3.81. The summed E-state index contributed by atoms with van der Waals surface area (Å²) >= 11 is 2.10. The number of alkyl halides is 1. The number of ether oxygens (including phenoxy) is 1. The van der Waals surface area contributed by atoms with Gasteiger partial charge in [-0.2, -0.15) is 0 Å². The van der Waals surface area contributed by atoms with Gasteiger partial charge in [0.2, 0.25) is 0 Å². The number of carboxylic acids is 1. The molecule has 4 heteroatoms. The standard InChI is InChI=1S/C14H13IO3/c1-18-12-5-4-9-6-11(3-2-10(9)7-12)13(8-15)14(16)17/h2-7,13H,8H2,1H3,(H,16,17). The Balaban J connectivity index is 2.47. The van der Waals surface area contributed by atoms with Crippen LogP contribution in [0.1, 0.15) is 11.5 Å². The van der Waals surface area contributed by atoms with Crippen LogP contribution in [-0.4, -0.2) is 22.6 Å². The third-order valence-electron chi connectivity index (χ3n) is 2.93. The van der Waals surface area contributed by atoms with Crippen molar-refractivity contribution in [2.75, 3.05) is 11.5 Å². The molecule has 1 atom stereocenters. The largest absolute Gasteiger partial charge is 0.497 e. The molecule has 0 aliphatic rings. The Morgan fingerprint density at radius 1 is 1.28 bits per heavy atom. The zero-order valence-electron chi connectivity index (χ0n) is 9.89. The first-order valence-corrected chi connectivity index (χ1v) is 7.04. The van der Waals surface area contributed by atoms with Crippen LogP contribution in [0, 0.1) is 0 Å². The summed E-state index contributed by atoms with van der Waals surface area (Å²) in [7, 11) is 1.63. The Labute approximate surface area is 119 Å². The fraction of sp³-hybridized carbons (Fsp3) is 0.214. The quantitative estimate of drug-likeness (QED) is 0.674. The van der Waals surface area contributed by atoms with E-state index >= 15 is 0 Å². The highest BCUT2D eigenvalue weighted by molar-refractivity contribution is 14.1. The number of hydrogen-bond acceptors (Lipinski definition) is 2. The first kappa shape index (κ1) is 13.1. The molecule has 94 valence electrons. The van der Waals surface area contributed by atoms with Crippen molar-refractivity contribution in [1.82, 2.24) is 0 Å². The van der Waals surface area contributed by atoms with Crippen LogP contribution in [-0.2, 0) is 4.79 Å². The van der Waals surface area contributed by atoms with E-state index in [4.69, 9.17) is 9.84 Å². The maximum atomic E-state index is 11.1. The fourth-order valence-corrected chi connectivity index (χ4v) is 2.77. The zero-order valence-corrected chi connectivity index (χ0v) is 12.0. The Bertz CT molecular complexity index is 580. The van der Waals surface area contributed by atoms with Crippen molar-refractivity contribution in [3.05, 3.63) is 42.0 Å². The zero-order chi connectivity index (χ0) is 13.1. The molecule has 0 heterocycles. The van der Waals surface area contributed by atoms with Gasteiger partial charge >= 0.3 is 5.97 Å². The molecule has 0 aromatic heterocycles. The Kier molecular flexibility index (Phi) is 4.06. The molecule has 1 unspecified atom stereocenters. The van der Waals surface area contributed by atoms with Gasteiger partial charge in [0.1, 0.15) is 5.75 Å². The van der Waals surface area contributed by atoms with Gasteiger partial charge in [0.15, 0.2) is 0 Å². The fourth-order valence-electron chi connectivity index (χ4n) is 1.88. The molecule has 0 fully saturated rings. The summed E-state index contributed by atoms with van der Waals surface area (Å²) in [6, 6.07) is 11.5. The Morgan fingerprint density at radius 2 is 1.94 bits per heavy atom. The van der Waals surface area contributed by atoms with Gasteiger partial charge in [0.25, 0.3) is 0 Å². The molecule has 0 spiro atoms. The Morgan fingerprint density at radius 3 is 2.56 bits per heavy atom. The van der Waals surface area contributed by atoms with E-state index in [1.54, 1.807) is 7.11 Å².